The third-order valence-electron chi connectivity index (χ3n) is 11.7. The molecule has 0 bridgehead atoms. The van der Waals surface area contributed by atoms with Gasteiger partial charge in [0.2, 0.25) is 5.69 Å². The molecule has 0 aromatic heterocycles. The number of amides is 2. The van der Waals surface area contributed by atoms with Gasteiger partial charge in [-0.05, 0) is 78.9 Å². The van der Waals surface area contributed by atoms with Gasteiger partial charge in [0, 0.05) is 53.9 Å². The van der Waals surface area contributed by atoms with Crippen LogP contribution in [0.5, 0.6) is 0 Å². The Morgan fingerprint density at radius 1 is 0.828 bits per heavy atom. The molecular formula is C47H50N3O7S+. The van der Waals surface area contributed by atoms with E-state index in [2.05, 4.69) is 159 Å². The second-order valence-electron chi connectivity index (χ2n) is 16.1. The molecule has 1 atom stereocenters. The van der Waals surface area contributed by atoms with E-state index in [0.29, 0.717) is 19.4 Å². The van der Waals surface area contributed by atoms with Gasteiger partial charge >= 0.3 is 5.97 Å². The number of rotatable bonds is 13. The van der Waals surface area contributed by atoms with Crippen molar-refractivity contribution in [1.82, 2.24) is 5.06 Å². The highest BCUT2D eigenvalue weighted by Crippen LogP contribution is 2.50. The standard InChI is InChI=1S/C47H49N3O7S/c1-6-48-36-28-26-32-19-14-16-21-34(32)43(36)46(2,3)39(48)23-11-8-7-9-12-24-40-47(4,5)44-35-22-17-15-20-33(35)27-29-37(44)49(40)30-18-10-13-25-42(52)57-50-41(51)31-38(45(50)53)58(54,55)56/h7-9,11-12,14-17,19-24,26-29,38H,6,10,13,18,25,30-31H2,1-5H3/p+1. The van der Waals surface area contributed by atoms with Gasteiger partial charge in [-0.25, -0.2) is 4.79 Å². The molecule has 0 radical (unpaired) electrons. The molecule has 1 unspecified atom stereocenters. The summed E-state index contributed by atoms with van der Waals surface area (Å²) in [7, 11) is -4.79. The van der Waals surface area contributed by atoms with Gasteiger partial charge in [-0.2, -0.15) is 13.0 Å². The molecule has 7 rings (SSSR count). The number of hydrogen-bond donors (Lipinski definition) is 1. The molecule has 1 N–H and O–H groups in total. The molecule has 3 heterocycles. The van der Waals surface area contributed by atoms with Crippen molar-refractivity contribution >= 4 is 66.5 Å². The summed E-state index contributed by atoms with van der Waals surface area (Å²) >= 11 is 0. The molecule has 10 nitrogen and oxygen atoms in total. The smallest absolute Gasteiger partial charge is 0.333 e. The Morgan fingerprint density at radius 3 is 2.14 bits per heavy atom. The molecule has 1 fully saturated rings. The van der Waals surface area contributed by atoms with Crippen molar-refractivity contribution in [3.63, 3.8) is 0 Å². The summed E-state index contributed by atoms with van der Waals surface area (Å²) in [5, 5.41) is 3.14. The van der Waals surface area contributed by atoms with Crippen molar-refractivity contribution < 1.29 is 36.8 Å². The van der Waals surface area contributed by atoms with Gasteiger partial charge < -0.3 is 9.74 Å². The topological polar surface area (TPSA) is 124 Å². The number of hydrogen-bond acceptors (Lipinski definition) is 7. The fourth-order valence-electron chi connectivity index (χ4n) is 8.91. The van der Waals surface area contributed by atoms with Gasteiger partial charge in [0.1, 0.15) is 6.54 Å². The summed E-state index contributed by atoms with van der Waals surface area (Å²) in [5.41, 5.74) is 7.03. The first-order valence-electron chi connectivity index (χ1n) is 19.9. The Balaban J connectivity index is 1.04. The van der Waals surface area contributed by atoms with Crippen molar-refractivity contribution in [2.45, 2.75) is 82.8 Å². The summed E-state index contributed by atoms with van der Waals surface area (Å²) < 4.78 is 34.4. The van der Waals surface area contributed by atoms with E-state index in [1.54, 1.807) is 0 Å². The lowest BCUT2D eigenvalue weighted by Gasteiger charge is -2.26. The van der Waals surface area contributed by atoms with Gasteiger partial charge in [0.15, 0.2) is 11.0 Å². The van der Waals surface area contributed by atoms with Gasteiger partial charge in [-0.15, -0.1) is 5.06 Å². The van der Waals surface area contributed by atoms with Crippen LogP contribution < -0.4 is 4.90 Å². The van der Waals surface area contributed by atoms with Gasteiger partial charge in [-0.3, -0.25) is 14.1 Å². The lowest BCUT2D eigenvalue weighted by molar-refractivity contribution is -0.438. The highest BCUT2D eigenvalue weighted by molar-refractivity contribution is 7.87. The number of benzene rings is 4. The zero-order valence-electron chi connectivity index (χ0n) is 33.6. The fourth-order valence-corrected chi connectivity index (χ4v) is 9.62. The number of unbranched alkanes of at least 4 members (excludes halogenated alkanes) is 2. The van der Waals surface area contributed by atoms with E-state index in [0.717, 1.165) is 24.4 Å². The average Bonchev–Trinajstić information content (AvgIpc) is 3.69. The minimum absolute atomic E-state index is 0.0659. The number of anilines is 1. The Bertz CT molecular complexity index is 2600. The van der Waals surface area contributed by atoms with Crippen LogP contribution in [-0.2, 0) is 40.2 Å². The number of fused-ring (bicyclic) bond motifs is 6. The summed E-state index contributed by atoms with van der Waals surface area (Å²) in [4.78, 5) is 44.2. The highest BCUT2D eigenvalue weighted by Gasteiger charge is 2.49. The van der Waals surface area contributed by atoms with Crippen LogP contribution in [0, 0.1) is 0 Å². The van der Waals surface area contributed by atoms with E-state index in [4.69, 9.17) is 4.84 Å². The summed E-state index contributed by atoms with van der Waals surface area (Å²) in [6.45, 7) is 12.9. The SMILES string of the molecule is CCN1C(=CC=CC=CC=CC2=[N+](CCCCCC(=O)ON3C(=O)CC(S(=O)(=O)O)C3=O)c3ccc4ccccc4c3C2(C)C)C(C)(C)c2c1ccc1ccccc21. The number of allylic oxidation sites excluding steroid dienone is 8. The number of imide groups is 1. The van der Waals surface area contributed by atoms with Crippen molar-refractivity contribution in [3.8, 4) is 0 Å². The molecule has 11 heteroatoms. The van der Waals surface area contributed by atoms with Crippen LogP contribution in [0.1, 0.15) is 77.8 Å². The number of carbonyl (C=O) groups excluding carboxylic acids is 3. The molecule has 3 aliphatic rings. The molecule has 4 aromatic carbocycles. The second-order valence-corrected chi connectivity index (χ2v) is 17.7. The molecule has 0 aliphatic carbocycles. The lowest BCUT2D eigenvalue weighted by Crippen LogP contribution is -2.36. The van der Waals surface area contributed by atoms with Crippen LogP contribution in [0.2, 0.25) is 0 Å². The van der Waals surface area contributed by atoms with Crippen LogP contribution in [0.3, 0.4) is 0 Å². The van der Waals surface area contributed by atoms with Crippen LogP contribution >= 0.6 is 0 Å². The van der Waals surface area contributed by atoms with E-state index in [9.17, 15) is 27.4 Å². The second kappa shape index (κ2) is 15.9. The Labute approximate surface area is 340 Å². The van der Waals surface area contributed by atoms with Crippen molar-refractivity contribution in [3.05, 3.63) is 132 Å². The number of carbonyl (C=O) groups is 3. The maximum Gasteiger partial charge on any atom is 0.333 e. The minimum Gasteiger partial charge on any atom is -0.344 e. The van der Waals surface area contributed by atoms with Gasteiger partial charge in [0.25, 0.3) is 21.9 Å². The molecular weight excluding hydrogens is 751 g/mol. The summed E-state index contributed by atoms with van der Waals surface area (Å²) in [5.74, 6) is -3.07. The molecule has 0 saturated carbocycles. The monoisotopic (exact) mass is 800 g/mol. The largest absolute Gasteiger partial charge is 0.344 e. The quantitative estimate of drug-likeness (QED) is 0.0468. The predicted molar refractivity (Wildman–Crippen MR) is 229 cm³/mol. The molecule has 3 aliphatic heterocycles. The van der Waals surface area contributed by atoms with E-state index >= 15 is 0 Å². The molecule has 4 aromatic rings. The number of hydroxylamine groups is 2. The third-order valence-corrected chi connectivity index (χ3v) is 12.7. The van der Waals surface area contributed by atoms with Crippen LogP contribution in [0.25, 0.3) is 21.5 Å². The zero-order valence-corrected chi connectivity index (χ0v) is 34.5. The minimum atomic E-state index is -4.79. The van der Waals surface area contributed by atoms with E-state index in [-0.39, 0.29) is 22.3 Å². The first kappa shape index (κ1) is 40.5. The summed E-state index contributed by atoms with van der Waals surface area (Å²) in [6, 6.07) is 25.8. The maximum atomic E-state index is 12.5. The van der Waals surface area contributed by atoms with E-state index in [1.807, 2.05) is 0 Å². The van der Waals surface area contributed by atoms with Crippen molar-refractivity contribution in [2.75, 3.05) is 18.0 Å². The zero-order chi connectivity index (χ0) is 41.4. The molecule has 300 valence electrons. The maximum absolute atomic E-state index is 12.5. The van der Waals surface area contributed by atoms with E-state index < -0.39 is 39.6 Å². The van der Waals surface area contributed by atoms with Crippen LogP contribution in [-0.4, -0.2) is 64.4 Å². The average molecular weight is 801 g/mol. The van der Waals surface area contributed by atoms with Crippen LogP contribution in [0.4, 0.5) is 11.4 Å². The normalized spacial score (nSPS) is 19.6. The summed E-state index contributed by atoms with van der Waals surface area (Å²) in [6.07, 6.45) is 15.8. The van der Waals surface area contributed by atoms with Gasteiger partial charge in [-0.1, -0.05) is 98.8 Å². The highest BCUT2D eigenvalue weighted by atomic mass is 32.2. The van der Waals surface area contributed by atoms with E-state index in [1.165, 1.54) is 44.1 Å². The lowest BCUT2D eigenvalue weighted by atomic mass is 9.79. The number of likely N-dealkylation sites (N-methyl/N-ethyl adjacent to an activating group) is 1. The van der Waals surface area contributed by atoms with Gasteiger partial charge in [0.05, 0.1) is 11.8 Å². The molecule has 58 heavy (non-hydrogen) atoms. The molecule has 1 saturated heterocycles. The fraction of sp³-hybridized carbons (Fsp3) is 0.319. The third kappa shape index (κ3) is 7.44. The molecule has 0 spiro atoms. The first-order valence-corrected chi connectivity index (χ1v) is 21.4. The predicted octanol–water partition coefficient (Wildman–Crippen LogP) is 8.77. The Kier molecular flexibility index (Phi) is 11.1. The first-order chi connectivity index (χ1) is 27.7. The van der Waals surface area contributed by atoms with Crippen molar-refractivity contribution in [1.29, 1.82) is 0 Å². The van der Waals surface area contributed by atoms with Crippen LogP contribution in [0.15, 0.2) is 121 Å². The Hall–Kier alpha value is -5.65. The van der Waals surface area contributed by atoms with Crippen molar-refractivity contribution in [2.24, 2.45) is 0 Å². The molecule has 2 amide bonds. The number of nitrogens with zero attached hydrogens (tertiary/aromatic N) is 3. The Morgan fingerprint density at radius 2 is 1.47 bits per heavy atom.